The number of hydrogen-bond acceptors (Lipinski definition) is 3. The Morgan fingerprint density at radius 3 is 2.58 bits per heavy atom. The van der Waals surface area contributed by atoms with Gasteiger partial charge in [-0.25, -0.2) is 0 Å². The SMILES string of the molecule is CC(C)CNC(=O)C(C)NC(=O)C1CCC(=O)NC1. The predicted octanol–water partition coefficient (Wildman–Crippen LogP) is -0.210. The van der Waals surface area contributed by atoms with Crippen molar-refractivity contribution in [2.45, 2.75) is 39.7 Å². The van der Waals surface area contributed by atoms with Gasteiger partial charge in [0.05, 0.1) is 5.92 Å². The summed E-state index contributed by atoms with van der Waals surface area (Å²) in [5.41, 5.74) is 0. The molecule has 2 atom stereocenters. The molecule has 1 saturated heterocycles. The summed E-state index contributed by atoms with van der Waals surface area (Å²) in [7, 11) is 0. The van der Waals surface area contributed by atoms with Crippen LogP contribution < -0.4 is 16.0 Å². The first-order valence-corrected chi connectivity index (χ1v) is 6.75. The minimum absolute atomic E-state index is 0.0215. The largest absolute Gasteiger partial charge is 0.355 e. The van der Waals surface area contributed by atoms with Crippen molar-refractivity contribution >= 4 is 17.7 Å². The minimum atomic E-state index is -0.552. The molecule has 0 aromatic carbocycles. The predicted molar refractivity (Wildman–Crippen MR) is 71.2 cm³/mol. The zero-order valence-corrected chi connectivity index (χ0v) is 11.8. The van der Waals surface area contributed by atoms with E-state index in [0.717, 1.165) is 0 Å². The van der Waals surface area contributed by atoms with E-state index >= 15 is 0 Å². The third-order valence-corrected chi connectivity index (χ3v) is 3.07. The van der Waals surface area contributed by atoms with Gasteiger partial charge in [0.1, 0.15) is 6.04 Å². The molecular weight excluding hydrogens is 246 g/mol. The van der Waals surface area contributed by atoms with Crippen LogP contribution in [-0.2, 0) is 14.4 Å². The highest BCUT2D eigenvalue weighted by atomic mass is 16.2. The Kier molecular flexibility index (Phi) is 5.79. The molecule has 0 radical (unpaired) electrons. The summed E-state index contributed by atoms with van der Waals surface area (Å²) in [6.45, 7) is 6.63. The van der Waals surface area contributed by atoms with Crippen molar-refractivity contribution in [3.8, 4) is 0 Å². The Balaban J connectivity index is 2.34. The number of rotatable bonds is 5. The second kappa shape index (κ2) is 7.11. The molecule has 0 aliphatic carbocycles. The lowest BCUT2D eigenvalue weighted by atomic mass is 9.98. The van der Waals surface area contributed by atoms with Crippen LogP contribution in [0.2, 0.25) is 0 Å². The Morgan fingerprint density at radius 2 is 2.05 bits per heavy atom. The average Bonchev–Trinajstić information content (AvgIpc) is 2.36. The first-order chi connectivity index (χ1) is 8.90. The molecule has 1 heterocycles. The highest BCUT2D eigenvalue weighted by Gasteiger charge is 2.26. The first-order valence-electron chi connectivity index (χ1n) is 6.75. The molecular formula is C13H23N3O3. The Bertz CT molecular complexity index is 345. The number of carbonyl (C=O) groups excluding carboxylic acids is 3. The first kappa shape index (κ1) is 15.5. The van der Waals surface area contributed by atoms with E-state index in [1.165, 1.54) is 0 Å². The molecule has 108 valence electrons. The van der Waals surface area contributed by atoms with Crippen LogP contribution in [0.4, 0.5) is 0 Å². The topological polar surface area (TPSA) is 87.3 Å². The lowest BCUT2D eigenvalue weighted by Crippen LogP contribution is -2.50. The van der Waals surface area contributed by atoms with E-state index in [9.17, 15) is 14.4 Å². The van der Waals surface area contributed by atoms with E-state index in [-0.39, 0.29) is 23.6 Å². The summed E-state index contributed by atoms with van der Waals surface area (Å²) in [6, 6.07) is -0.552. The van der Waals surface area contributed by atoms with E-state index < -0.39 is 6.04 Å². The van der Waals surface area contributed by atoms with Gasteiger partial charge in [0.15, 0.2) is 0 Å². The van der Waals surface area contributed by atoms with Crippen LogP contribution in [0.25, 0.3) is 0 Å². The van der Waals surface area contributed by atoms with Crippen LogP contribution in [0.5, 0.6) is 0 Å². The van der Waals surface area contributed by atoms with Crippen LogP contribution in [0.15, 0.2) is 0 Å². The van der Waals surface area contributed by atoms with Gasteiger partial charge >= 0.3 is 0 Å². The number of piperidine rings is 1. The van der Waals surface area contributed by atoms with Gasteiger partial charge in [-0.15, -0.1) is 0 Å². The number of carbonyl (C=O) groups is 3. The molecule has 1 rings (SSSR count). The van der Waals surface area contributed by atoms with Gasteiger partial charge in [0, 0.05) is 19.5 Å². The fraction of sp³-hybridized carbons (Fsp3) is 0.769. The number of hydrogen-bond donors (Lipinski definition) is 3. The summed E-state index contributed by atoms with van der Waals surface area (Å²) in [4.78, 5) is 34.6. The van der Waals surface area contributed by atoms with E-state index in [1.54, 1.807) is 6.92 Å². The normalized spacial score (nSPS) is 20.6. The fourth-order valence-electron chi connectivity index (χ4n) is 1.81. The van der Waals surface area contributed by atoms with Crippen molar-refractivity contribution in [3.63, 3.8) is 0 Å². The molecule has 1 aliphatic heterocycles. The summed E-state index contributed by atoms with van der Waals surface area (Å²) in [5, 5.41) is 8.11. The van der Waals surface area contributed by atoms with Crippen LogP contribution >= 0.6 is 0 Å². The smallest absolute Gasteiger partial charge is 0.242 e. The van der Waals surface area contributed by atoms with Gasteiger partial charge in [-0.3, -0.25) is 14.4 Å². The van der Waals surface area contributed by atoms with Crippen molar-refractivity contribution in [1.82, 2.24) is 16.0 Å². The summed E-state index contributed by atoms with van der Waals surface area (Å²) in [6.07, 6.45) is 0.907. The third kappa shape index (κ3) is 5.28. The number of nitrogens with one attached hydrogen (secondary N) is 3. The average molecular weight is 269 g/mol. The maximum Gasteiger partial charge on any atom is 0.242 e. The standard InChI is InChI=1S/C13H23N3O3/c1-8(2)6-15-12(18)9(3)16-13(19)10-4-5-11(17)14-7-10/h8-10H,4-7H2,1-3H3,(H,14,17)(H,15,18)(H,16,19). The van der Waals surface area contributed by atoms with Gasteiger partial charge in [0.25, 0.3) is 0 Å². The second-order valence-corrected chi connectivity index (χ2v) is 5.41. The highest BCUT2D eigenvalue weighted by Crippen LogP contribution is 2.10. The van der Waals surface area contributed by atoms with E-state index in [4.69, 9.17) is 0 Å². The van der Waals surface area contributed by atoms with Crippen molar-refractivity contribution in [2.24, 2.45) is 11.8 Å². The number of amides is 3. The molecule has 3 N–H and O–H groups in total. The molecule has 0 spiro atoms. The maximum atomic E-state index is 11.9. The molecule has 0 aromatic heterocycles. The molecule has 0 saturated carbocycles. The summed E-state index contributed by atoms with van der Waals surface area (Å²) >= 11 is 0. The van der Waals surface area contributed by atoms with Gasteiger partial charge in [-0.2, -0.15) is 0 Å². The molecule has 0 aromatic rings. The Morgan fingerprint density at radius 1 is 1.37 bits per heavy atom. The van der Waals surface area contributed by atoms with Gasteiger partial charge in [-0.1, -0.05) is 13.8 Å². The van der Waals surface area contributed by atoms with E-state index in [1.807, 2.05) is 13.8 Å². The van der Waals surface area contributed by atoms with E-state index in [2.05, 4.69) is 16.0 Å². The maximum absolute atomic E-state index is 11.9. The zero-order valence-electron chi connectivity index (χ0n) is 11.8. The Hall–Kier alpha value is -1.59. The molecule has 19 heavy (non-hydrogen) atoms. The minimum Gasteiger partial charge on any atom is -0.355 e. The molecule has 0 bridgehead atoms. The fourth-order valence-corrected chi connectivity index (χ4v) is 1.81. The van der Waals surface area contributed by atoms with Crippen molar-refractivity contribution < 1.29 is 14.4 Å². The molecule has 1 fully saturated rings. The van der Waals surface area contributed by atoms with Crippen molar-refractivity contribution in [2.75, 3.05) is 13.1 Å². The van der Waals surface area contributed by atoms with E-state index in [0.29, 0.717) is 31.8 Å². The van der Waals surface area contributed by atoms with Gasteiger partial charge < -0.3 is 16.0 Å². The molecule has 2 unspecified atom stereocenters. The van der Waals surface area contributed by atoms with Crippen LogP contribution in [0.1, 0.15) is 33.6 Å². The van der Waals surface area contributed by atoms with Crippen molar-refractivity contribution in [1.29, 1.82) is 0 Å². The monoisotopic (exact) mass is 269 g/mol. The van der Waals surface area contributed by atoms with Crippen LogP contribution in [0, 0.1) is 11.8 Å². The van der Waals surface area contributed by atoms with Gasteiger partial charge in [0.2, 0.25) is 17.7 Å². The third-order valence-electron chi connectivity index (χ3n) is 3.07. The summed E-state index contributed by atoms with van der Waals surface area (Å²) in [5.74, 6) is -0.237. The van der Waals surface area contributed by atoms with Gasteiger partial charge in [-0.05, 0) is 19.3 Å². The summed E-state index contributed by atoms with van der Waals surface area (Å²) < 4.78 is 0. The molecule has 3 amide bonds. The second-order valence-electron chi connectivity index (χ2n) is 5.41. The molecule has 1 aliphatic rings. The van der Waals surface area contributed by atoms with Crippen LogP contribution in [-0.4, -0.2) is 36.9 Å². The quantitative estimate of drug-likeness (QED) is 0.645. The Labute approximate surface area is 113 Å². The van der Waals surface area contributed by atoms with Crippen molar-refractivity contribution in [3.05, 3.63) is 0 Å². The highest BCUT2D eigenvalue weighted by molar-refractivity contribution is 5.89. The lowest BCUT2D eigenvalue weighted by molar-refractivity contribution is -0.132. The molecule has 6 nitrogen and oxygen atoms in total. The molecule has 6 heteroatoms. The zero-order chi connectivity index (χ0) is 14.4. The lowest BCUT2D eigenvalue weighted by Gasteiger charge is -2.23. The van der Waals surface area contributed by atoms with Crippen LogP contribution in [0.3, 0.4) is 0 Å².